The Bertz CT molecular complexity index is 619. The van der Waals surface area contributed by atoms with Gasteiger partial charge in [-0.3, -0.25) is 4.79 Å². The minimum atomic E-state index is -0.0729. The zero-order valence-electron chi connectivity index (χ0n) is 13.4. The van der Waals surface area contributed by atoms with Gasteiger partial charge in [0.2, 0.25) is 11.8 Å². The summed E-state index contributed by atoms with van der Waals surface area (Å²) in [4.78, 5) is 15.9. The van der Waals surface area contributed by atoms with E-state index in [9.17, 15) is 4.79 Å². The zero-order chi connectivity index (χ0) is 16.1. The number of amides is 1. The van der Waals surface area contributed by atoms with E-state index in [1.54, 1.807) is 6.92 Å². The van der Waals surface area contributed by atoms with E-state index >= 15 is 0 Å². The van der Waals surface area contributed by atoms with Crippen LogP contribution in [0.3, 0.4) is 0 Å². The molecule has 118 valence electrons. The summed E-state index contributed by atoms with van der Waals surface area (Å²) < 4.78 is 5.14. The molecule has 1 unspecified atom stereocenters. The normalized spacial score (nSPS) is 12.2. The molecular weight excluding hydrogens is 280 g/mol. The average molecular weight is 302 g/mol. The van der Waals surface area contributed by atoms with Gasteiger partial charge in [0.15, 0.2) is 5.82 Å². The largest absolute Gasteiger partial charge is 0.374 e. The van der Waals surface area contributed by atoms with Crippen molar-refractivity contribution in [2.75, 3.05) is 5.32 Å². The first-order chi connectivity index (χ1) is 10.4. The number of nitrogens with zero attached hydrogens (tertiary/aromatic N) is 2. The second-order valence-corrected chi connectivity index (χ2v) is 5.64. The molecule has 0 aliphatic rings. The second kappa shape index (κ2) is 7.06. The van der Waals surface area contributed by atoms with Gasteiger partial charge in [-0.25, -0.2) is 0 Å². The molecule has 1 aromatic heterocycles. The Morgan fingerprint density at radius 3 is 2.45 bits per heavy atom. The topological polar surface area (TPSA) is 80.0 Å². The van der Waals surface area contributed by atoms with Gasteiger partial charge in [0.25, 0.3) is 0 Å². The van der Waals surface area contributed by atoms with Gasteiger partial charge in [-0.1, -0.05) is 17.3 Å². The third-order valence-electron chi connectivity index (χ3n) is 3.07. The van der Waals surface area contributed by atoms with Gasteiger partial charge in [0, 0.05) is 11.7 Å². The molecule has 2 N–H and O–H groups in total. The van der Waals surface area contributed by atoms with Crippen molar-refractivity contribution in [2.45, 2.75) is 46.2 Å². The lowest BCUT2D eigenvalue weighted by molar-refractivity contribution is -0.120. The molecule has 0 saturated heterocycles. The summed E-state index contributed by atoms with van der Waals surface area (Å²) in [6.45, 7) is 7.64. The summed E-state index contributed by atoms with van der Waals surface area (Å²) in [5.41, 5.74) is 1.92. The van der Waals surface area contributed by atoms with Crippen LogP contribution in [0.4, 0.5) is 5.69 Å². The number of aryl methyl sites for hydroxylation is 1. The van der Waals surface area contributed by atoms with Gasteiger partial charge >= 0.3 is 0 Å². The van der Waals surface area contributed by atoms with Gasteiger partial charge < -0.3 is 15.2 Å². The maximum absolute atomic E-state index is 11.7. The molecule has 6 heteroatoms. The van der Waals surface area contributed by atoms with E-state index in [0.29, 0.717) is 18.1 Å². The van der Waals surface area contributed by atoms with E-state index in [-0.39, 0.29) is 18.0 Å². The fourth-order valence-electron chi connectivity index (χ4n) is 2.08. The number of carbonyl (C=O) groups is 1. The molecule has 2 rings (SSSR count). The van der Waals surface area contributed by atoms with Crippen molar-refractivity contribution in [3.8, 4) is 0 Å². The van der Waals surface area contributed by atoms with Crippen molar-refractivity contribution in [2.24, 2.45) is 0 Å². The van der Waals surface area contributed by atoms with Gasteiger partial charge in [-0.2, -0.15) is 4.98 Å². The Kier molecular flexibility index (Phi) is 5.14. The Morgan fingerprint density at radius 2 is 1.91 bits per heavy atom. The highest BCUT2D eigenvalue weighted by molar-refractivity contribution is 5.78. The van der Waals surface area contributed by atoms with Crippen LogP contribution in [0.1, 0.15) is 44.1 Å². The average Bonchev–Trinajstić information content (AvgIpc) is 2.87. The van der Waals surface area contributed by atoms with Gasteiger partial charge in [-0.05, 0) is 45.4 Å². The Morgan fingerprint density at radius 1 is 1.23 bits per heavy atom. The summed E-state index contributed by atoms with van der Waals surface area (Å²) in [5.74, 6) is 1.21. The van der Waals surface area contributed by atoms with Crippen LogP contribution in [0.15, 0.2) is 28.8 Å². The first-order valence-corrected chi connectivity index (χ1v) is 7.39. The molecule has 0 bridgehead atoms. The SMILES string of the molecule is Cc1noc(C(C)Nc2ccc(CC(=O)NC(C)C)cc2)n1. The fraction of sp³-hybridized carbons (Fsp3) is 0.438. The van der Waals surface area contributed by atoms with Crippen LogP contribution < -0.4 is 10.6 Å². The number of rotatable bonds is 6. The van der Waals surface area contributed by atoms with Crippen molar-refractivity contribution in [1.29, 1.82) is 0 Å². The predicted molar refractivity (Wildman–Crippen MR) is 84.5 cm³/mol. The summed E-state index contributed by atoms with van der Waals surface area (Å²) in [6, 6.07) is 7.85. The van der Waals surface area contributed by atoms with E-state index in [2.05, 4.69) is 20.8 Å². The highest BCUT2D eigenvalue weighted by Gasteiger charge is 2.12. The van der Waals surface area contributed by atoms with Crippen LogP contribution in [0.2, 0.25) is 0 Å². The molecule has 0 saturated carbocycles. The molecule has 1 atom stereocenters. The first kappa shape index (κ1) is 16.0. The lowest BCUT2D eigenvalue weighted by atomic mass is 10.1. The van der Waals surface area contributed by atoms with Crippen LogP contribution in [0, 0.1) is 6.92 Å². The van der Waals surface area contributed by atoms with E-state index < -0.39 is 0 Å². The van der Waals surface area contributed by atoms with E-state index in [1.165, 1.54) is 0 Å². The molecular formula is C16H22N4O2. The number of carbonyl (C=O) groups excluding carboxylic acids is 1. The van der Waals surface area contributed by atoms with Gasteiger partial charge in [0.1, 0.15) is 6.04 Å². The third kappa shape index (κ3) is 4.58. The number of hydrogen-bond acceptors (Lipinski definition) is 5. The number of nitrogens with one attached hydrogen (secondary N) is 2. The van der Waals surface area contributed by atoms with E-state index in [4.69, 9.17) is 4.52 Å². The molecule has 0 aliphatic heterocycles. The molecule has 0 aliphatic carbocycles. The smallest absolute Gasteiger partial charge is 0.248 e. The van der Waals surface area contributed by atoms with Crippen molar-refractivity contribution >= 4 is 11.6 Å². The molecule has 6 nitrogen and oxygen atoms in total. The predicted octanol–water partition coefficient (Wildman–Crippen LogP) is 2.62. The fourth-order valence-corrected chi connectivity index (χ4v) is 2.08. The number of hydrogen-bond donors (Lipinski definition) is 2. The summed E-state index contributed by atoms with van der Waals surface area (Å²) in [6.07, 6.45) is 0.386. The quantitative estimate of drug-likeness (QED) is 0.857. The van der Waals surface area contributed by atoms with Crippen molar-refractivity contribution in [3.63, 3.8) is 0 Å². The van der Waals surface area contributed by atoms with Crippen LogP contribution in [0.25, 0.3) is 0 Å². The maximum Gasteiger partial charge on any atom is 0.248 e. The number of benzene rings is 1. The lowest BCUT2D eigenvalue weighted by Crippen LogP contribution is -2.31. The summed E-state index contributed by atoms with van der Waals surface area (Å²) in [5, 5.41) is 9.95. The molecule has 0 fully saturated rings. The van der Waals surface area contributed by atoms with Gasteiger partial charge in [-0.15, -0.1) is 0 Å². The van der Waals surface area contributed by atoms with Crippen molar-refractivity contribution in [1.82, 2.24) is 15.5 Å². The molecule has 1 aromatic carbocycles. The molecule has 0 radical (unpaired) electrons. The van der Waals surface area contributed by atoms with Gasteiger partial charge in [0.05, 0.1) is 6.42 Å². The standard InChI is InChI=1S/C16H22N4O2/c1-10(2)17-15(21)9-13-5-7-14(8-6-13)18-11(3)16-19-12(4)20-22-16/h5-8,10-11,18H,9H2,1-4H3,(H,17,21). The minimum Gasteiger partial charge on any atom is -0.374 e. The second-order valence-electron chi connectivity index (χ2n) is 5.64. The van der Waals surface area contributed by atoms with Crippen molar-refractivity contribution < 1.29 is 9.32 Å². The summed E-state index contributed by atoms with van der Waals surface area (Å²) in [7, 11) is 0. The highest BCUT2D eigenvalue weighted by Crippen LogP contribution is 2.18. The van der Waals surface area contributed by atoms with Crippen molar-refractivity contribution in [3.05, 3.63) is 41.5 Å². The monoisotopic (exact) mass is 302 g/mol. The molecule has 1 amide bonds. The van der Waals surface area contributed by atoms with Crippen LogP contribution >= 0.6 is 0 Å². The van der Waals surface area contributed by atoms with Crippen LogP contribution in [-0.4, -0.2) is 22.1 Å². The first-order valence-electron chi connectivity index (χ1n) is 7.39. The Hall–Kier alpha value is -2.37. The van der Waals surface area contributed by atoms with E-state index in [1.807, 2.05) is 45.0 Å². The molecule has 22 heavy (non-hydrogen) atoms. The Labute approximate surface area is 130 Å². The highest BCUT2D eigenvalue weighted by atomic mass is 16.5. The summed E-state index contributed by atoms with van der Waals surface area (Å²) >= 11 is 0. The maximum atomic E-state index is 11.7. The lowest BCUT2D eigenvalue weighted by Gasteiger charge is -2.12. The zero-order valence-corrected chi connectivity index (χ0v) is 13.4. The van der Waals surface area contributed by atoms with E-state index in [0.717, 1.165) is 11.3 Å². The number of aromatic nitrogens is 2. The molecule has 2 aromatic rings. The Balaban J connectivity index is 1.93. The molecule has 0 spiro atoms. The molecule has 1 heterocycles. The number of anilines is 1. The third-order valence-corrected chi connectivity index (χ3v) is 3.07. The van der Waals surface area contributed by atoms with Crippen LogP contribution in [0.5, 0.6) is 0 Å². The van der Waals surface area contributed by atoms with Crippen LogP contribution in [-0.2, 0) is 11.2 Å². The minimum absolute atomic E-state index is 0.0328.